The SMILES string of the molecule is COCP(=O)(NC(C)(C(=O)O)C(C)C)N(C)CC[C@H](Oc1cccc2ccccc12)c1cccs1. The molecule has 0 bridgehead atoms. The van der Waals surface area contributed by atoms with E-state index in [2.05, 4.69) is 17.2 Å². The van der Waals surface area contributed by atoms with E-state index < -0.39 is 19.0 Å². The first-order valence-corrected chi connectivity index (χ1v) is 14.3. The van der Waals surface area contributed by atoms with Crippen molar-refractivity contribution in [3.05, 3.63) is 64.9 Å². The molecule has 3 atom stereocenters. The van der Waals surface area contributed by atoms with Gasteiger partial charge < -0.3 is 14.6 Å². The monoisotopic (exact) mass is 518 g/mol. The van der Waals surface area contributed by atoms with Crippen molar-refractivity contribution in [2.75, 3.05) is 27.1 Å². The summed E-state index contributed by atoms with van der Waals surface area (Å²) in [4.78, 5) is 13.1. The highest BCUT2D eigenvalue weighted by molar-refractivity contribution is 7.59. The highest BCUT2D eigenvalue weighted by atomic mass is 32.1. The van der Waals surface area contributed by atoms with Gasteiger partial charge in [0.1, 0.15) is 23.7 Å². The van der Waals surface area contributed by atoms with Crippen molar-refractivity contribution in [3.63, 3.8) is 0 Å². The summed E-state index contributed by atoms with van der Waals surface area (Å²) in [5.41, 5.74) is -1.37. The number of thiophene rings is 1. The van der Waals surface area contributed by atoms with E-state index in [0.29, 0.717) is 13.0 Å². The predicted octanol–water partition coefficient (Wildman–Crippen LogP) is 6.23. The molecule has 0 aliphatic rings. The van der Waals surface area contributed by atoms with Crippen LogP contribution in [-0.4, -0.2) is 48.3 Å². The number of rotatable bonds is 13. The molecular weight excluding hydrogens is 483 g/mol. The largest absolute Gasteiger partial charge is 0.484 e. The van der Waals surface area contributed by atoms with Crippen LogP contribution in [-0.2, 0) is 14.1 Å². The quantitative estimate of drug-likeness (QED) is 0.259. The molecule has 3 aromatic rings. The molecule has 0 spiro atoms. The van der Waals surface area contributed by atoms with Gasteiger partial charge in [-0.15, -0.1) is 11.3 Å². The summed E-state index contributed by atoms with van der Waals surface area (Å²) >= 11 is 1.61. The van der Waals surface area contributed by atoms with Crippen LogP contribution in [0.15, 0.2) is 60.0 Å². The molecule has 0 amide bonds. The van der Waals surface area contributed by atoms with Crippen molar-refractivity contribution in [2.24, 2.45) is 5.92 Å². The fraction of sp³-hybridized carbons (Fsp3) is 0.423. The van der Waals surface area contributed by atoms with E-state index in [9.17, 15) is 14.5 Å². The minimum absolute atomic E-state index is 0.104. The van der Waals surface area contributed by atoms with Crippen molar-refractivity contribution < 1.29 is 23.9 Å². The fourth-order valence-corrected chi connectivity index (χ4v) is 6.92. The van der Waals surface area contributed by atoms with Gasteiger partial charge in [0.15, 0.2) is 0 Å². The summed E-state index contributed by atoms with van der Waals surface area (Å²) < 4.78 is 27.4. The lowest BCUT2D eigenvalue weighted by Gasteiger charge is -2.38. The third-order valence-corrected chi connectivity index (χ3v) is 10.1. The Morgan fingerprint density at radius 2 is 1.89 bits per heavy atom. The molecule has 0 radical (unpaired) electrons. The van der Waals surface area contributed by atoms with Crippen molar-refractivity contribution >= 4 is 35.5 Å². The number of ether oxygens (including phenoxy) is 2. The van der Waals surface area contributed by atoms with Crippen LogP contribution in [0.3, 0.4) is 0 Å². The second-order valence-corrected chi connectivity index (χ2v) is 12.7. The molecule has 3 rings (SSSR count). The van der Waals surface area contributed by atoms with Crippen LogP contribution in [0, 0.1) is 5.92 Å². The third kappa shape index (κ3) is 6.32. The number of nitrogens with one attached hydrogen (secondary N) is 1. The van der Waals surface area contributed by atoms with E-state index in [0.717, 1.165) is 21.4 Å². The van der Waals surface area contributed by atoms with Crippen molar-refractivity contribution in [1.29, 1.82) is 0 Å². The molecule has 1 heterocycles. The van der Waals surface area contributed by atoms with Gasteiger partial charge >= 0.3 is 5.97 Å². The molecule has 9 heteroatoms. The smallest absolute Gasteiger partial charge is 0.324 e. The number of nitrogens with zero attached hydrogens (tertiary/aromatic N) is 1. The van der Waals surface area contributed by atoms with Crippen LogP contribution in [0.2, 0.25) is 0 Å². The van der Waals surface area contributed by atoms with Gasteiger partial charge in [-0.1, -0.05) is 56.3 Å². The van der Waals surface area contributed by atoms with Crippen LogP contribution in [0.4, 0.5) is 0 Å². The summed E-state index contributed by atoms with van der Waals surface area (Å²) in [5.74, 6) is -0.541. The second-order valence-electron chi connectivity index (χ2n) is 9.16. The van der Waals surface area contributed by atoms with E-state index in [1.54, 1.807) is 43.8 Å². The minimum Gasteiger partial charge on any atom is -0.484 e. The Kier molecular flexibility index (Phi) is 9.13. The van der Waals surface area contributed by atoms with Gasteiger partial charge in [0.2, 0.25) is 7.44 Å². The van der Waals surface area contributed by atoms with E-state index in [4.69, 9.17) is 9.47 Å². The molecular formula is C26H35N2O5PS. The normalized spacial score (nSPS) is 16.2. The summed E-state index contributed by atoms with van der Waals surface area (Å²) in [7, 11) is -0.165. The average molecular weight is 519 g/mol. The summed E-state index contributed by atoms with van der Waals surface area (Å²) in [5, 5.41) is 16.9. The third-order valence-electron chi connectivity index (χ3n) is 6.46. The van der Waals surface area contributed by atoms with E-state index >= 15 is 0 Å². The zero-order valence-corrected chi connectivity index (χ0v) is 22.6. The van der Waals surface area contributed by atoms with Crippen LogP contribution < -0.4 is 9.82 Å². The van der Waals surface area contributed by atoms with Crippen LogP contribution >= 0.6 is 18.8 Å². The van der Waals surface area contributed by atoms with Gasteiger partial charge in [-0.2, -0.15) is 0 Å². The molecule has 1 aromatic heterocycles. The van der Waals surface area contributed by atoms with Crippen molar-refractivity contribution in [1.82, 2.24) is 9.76 Å². The first kappa shape index (κ1) is 27.4. The molecule has 0 fully saturated rings. The number of hydrogen-bond donors (Lipinski definition) is 2. The summed E-state index contributed by atoms with van der Waals surface area (Å²) in [6.07, 6.45) is 0.198. The molecule has 35 heavy (non-hydrogen) atoms. The Hall–Kier alpha value is -2.22. The van der Waals surface area contributed by atoms with Gasteiger partial charge in [-0.3, -0.25) is 9.36 Å². The standard InChI is InChI=1S/C26H35N2O5PS/c1-19(2)26(3,25(29)30)27-34(31,18-32-5)28(4)16-15-23(24-14-9-17-35-24)33-22-13-8-11-20-10-6-7-12-21(20)22/h6-14,17,19,23H,15-16,18H2,1-5H3,(H,27,31)(H,29,30)/t23-,26?,34?/m0/s1. The molecule has 0 aliphatic heterocycles. The maximum atomic E-state index is 14.0. The van der Waals surface area contributed by atoms with Gasteiger partial charge in [0, 0.05) is 30.3 Å². The van der Waals surface area contributed by atoms with Crippen LogP contribution in [0.1, 0.15) is 38.2 Å². The Labute approximate surface area is 211 Å². The lowest BCUT2D eigenvalue weighted by molar-refractivity contribution is -0.145. The van der Waals surface area contributed by atoms with E-state index in [1.165, 1.54) is 7.11 Å². The summed E-state index contributed by atoms with van der Waals surface area (Å²) in [6.45, 7) is 5.56. The Balaban J connectivity index is 1.83. The van der Waals surface area contributed by atoms with Crippen molar-refractivity contribution in [3.8, 4) is 5.75 Å². The van der Waals surface area contributed by atoms with Crippen LogP contribution in [0.5, 0.6) is 5.75 Å². The Morgan fingerprint density at radius 1 is 1.17 bits per heavy atom. The predicted molar refractivity (Wildman–Crippen MR) is 142 cm³/mol. The number of aliphatic carboxylic acids is 1. The molecule has 0 saturated carbocycles. The lowest BCUT2D eigenvalue weighted by atomic mass is 9.90. The van der Waals surface area contributed by atoms with E-state index in [1.807, 2.05) is 47.8 Å². The molecule has 7 nitrogen and oxygen atoms in total. The number of methoxy groups -OCH3 is 1. The van der Waals surface area contributed by atoms with Gasteiger partial charge in [0.25, 0.3) is 0 Å². The van der Waals surface area contributed by atoms with Crippen LogP contribution in [0.25, 0.3) is 10.8 Å². The molecule has 0 aliphatic carbocycles. The topological polar surface area (TPSA) is 88.1 Å². The molecule has 2 N–H and O–H groups in total. The average Bonchev–Trinajstić information content (AvgIpc) is 3.36. The zero-order chi connectivity index (χ0) is 25.6. The number of carboxylic acids is 1. The van der Waals surface area contributed by atoms with Gasteiger partial charge in [-0.05, 0) is 42.8 Å². The minimum atomic E-state index is -3.37. The van der Waals surface area contributed by atoms with Gasteiger partial charge in [-0.25, -0.2) is 9.76 Å². The van der Waals surface area contributed by atoms with E-state index in [-0.39, 0.29) is 18.4 Å². The number of fused-ring (bicyclic) bond motifs is 1. The maximum absolute atomic E-state index is 14.0. The molecule has 2 aromatic carbocycles. The Bertz CT molecular complexity index is 1160. The highest BCUT2D eigenvalue weighted by Gasteiger charge is 2.44. The first-order valence-electron chi connectivity index (χ1n) is 11.6. The first-order chi connectivity index (χ1) is 16.6. The fourth-order valence-electron chi connectivity index (χ4n) is 3.83. The second kappa shape index (κ2) is 11.7. The molecule has 2 unspecified atom stereocenters. The number of carbonyl (C=O) groups is 1. The zero-order valence-electron chi connectivity index (χ0n) is 20.9. The van der Waals surface area contributed by atoms with Crippen molar-refractivity contribution in [2.45, 2.75) is 38.8 Å². The van der Waals surface area contributed by atoms with Gasteiger partial charge in [0.05, 0.1) is 0 Å². The maximum Gasteiger partial charge on any atom is 0.324 e. The lowest BCUT2D eigenvalue weighted by Crippen LogP contribution is -2.54. The summed E-state index contributed by atoms with van der Waals surface area (Å²) in [6, 6.07) is 18.1. The highest BCUT2D eigenvalue weighted by Crippen LogP contribution is 2.48. The number of carboxylic acid groups (broad SMARTS) is 1. The number of benzene rings is 2. The Morgan fingerprint density at radius 3 is 2.51 bits per heavy atom. The number of hydrogen-bond acceptors (Lipinski definition) is 5. The molecule has 0 saturated heterocycles. The molecule has 190 valence electrons.